The SMILES string of the molecule is CCNC(=NC)NCCc1ccc(OC)cc1Cl. The van der Waals surface area contributed by atoms with E-state index in [1.54, 1.807) is 14.2 Å². The first kappa shape index (κ1) is 14.6. The van der Waals surface area contributed by atoms with Crippen LogP contribution in [-0.2, 0) is 6.42 Å². The average molecular weight is 270 g/mol. The van der Waals surface area contributed by atoms with E-state index in [1.165, 1.54) is 0 Å². The number of aliphatic imine (C=N–C) groups is 1. The van der Waals surface area contributed by atoms with Gasteiger partial charge in [0.15, 0.2) is 5.96 Å². The van der Waals surface area contributed by atoms with Gasteiger partial charge in [-0.25, -0.2) is 0 Å². The average Bonchev–Trinajstić information content (AvgIpc) is 2.39. The van der Waals surface area contributed by atoms with Crippen LogP contribution in [0.5, 0.6) is 5.75 Å². The fraction of sp³-hybridized carbons (Fsp3) is 0.462. The van der Waals surface area contributed by atoms with Crippen molar-refractivity contribution < 1.29 is 4.74 Å². The van der Waals surface area contributed by atoms with Crippen molar-refractivity contribution in [2.24, 2.45) is 4.99 Å². The second-order valence-electron chi connectivity index (χ2n) is 3.74. The van der Waals surface area contributed by atoms with Gasteiger partial charge in [0.1, 0.15) is 5.75 Å². The van der Waals surface area contributed by atoms with E-state index >= 15 is 0 Å². The molecule has 2 N–H and O–H groups in total. The molecule has 0 aliphatic carbocycles. The molecule has 18 heavy (non-hydrogen) atoms. The molecular formula is C13H20ClN3O. The highest BCUT2D eigenvalue weighted by Gasteiger charge is 2.02. The summed E-state index contributed by atoms with van der Waals surface area (Å²) in [7, 11) is 3.39. The van der Waals surface area contributed by atoms with Crippen molar-refractivity contribution in [1.82, 2.24) is 10.6 Å². The molecule has 0 spiro atoms. The number of methoxy groups -OCH3 is 1. The zero-order chi connectivity index (χ0) is 13.4. The molecule has 1 aromatic carbocycles. The van der Waals surface area contributed by atoms with E-state index < -0.39 is 0 Å². The predicted molar refractivity (Wildman–Crippen MR) is 76.7 cm³/mol. The fourth-order valence-electron chi connectivity index (χ4n) is 1.56. The lowest BCUT2D eigenvalue weighted by Gasteiger charge is -2.11. The highest BCUT2D eigenvalue weighted by molar-refractivity contribution is 6.31. The number of benzene rings is 1. The largest absolute Gasteiger partial charge is 0.497 e. The van der Waals surface area contributed by atoms with Crippen LogP contribution >= 0.6 is 11.6 Å². The number of rotatable bonds is 5. The Bertz CT molecular complexity index is 407. The summed E-state index contributed by atoms with van der Waals surface area (Å²) in [6.07, 6.45) is 0.841. The lowest BCUT2D eigenvalue weighted by atomic mass is 10.1. The number of nitrogens with one attached hydrogen (secondary N) is 2. The van der Waals surface area contributed by atoms with E-state index in [0.29, 0.717) is 0 Å². The molecule has 0 saturated carbocycles. The summed E-state index contributed by atoms with van der Waals surface area (Å²) in [5, 5.41) is 7.09. The summed E-state index contributed by atoms with van der Waals surface area (Å²) >= 11 is 6.16. The first-order valence-corrected chi connectivity index (χ1v) is 6.36. The fourth-order valence-corrected chi connectivity index (χ4v) is 1.83. The molecule has 5 heteroatoms. The van der Waals surface area contributed by atoms with E-state index in [9.17, 15) is 0 Å². The molecule has 0 bridgehead atoms. The maximum atomic E-state index is 6.16. The van der Waals surface area contributed by atoms with Crippen molar-refractivity contribution in [3.63, 3.8) is 0 Å². The van der Waals surface area contributed by atoms with Crippen molar-refractivity contribution in [3.8, 4) is 5.75 Å². The van der Waals surface area contributed by atoms with Gasteiger partial charge in [0.25, 0.3) is 0 Å². The molecular weight excluding hydrogens is 250 g/mol. The molecule has 0 aliphatic heterocycles. The Balaban J connectivity index is 2.48. The number of ether oxygens (including phenoxy) is 1. The number of guanidine groups is 1. The van der Waals surface area contributed by atoms with E-state index in [-0.39, 0.29) is 0 Å². The van der Waals surface area contributed by atoms with Crippen LogP contribution in [0.1, 0.15) is 12.5 Å². The molecule has 1 rings (SSSR count). The van der Waals surface area contributed by atoms with E-state index in [4.69, 9.17) is 16.3 Å². The second-order valence-corrected chi connectivity index (χ2v) is 4.14. The molecule has 0 aromatic heterocycles. The van der Waals surface area contributed by atoms with Crippen molar-refractivity contribution in [2.75, 3.05) is 27.2 Å². The molecule has 0 fully saturated rings. The van der Waals surface area contributed by atoms with Gasteiger partial charge in [-0.05, 0) is 31.0 Å². The number of hydrogen-bond donors (Lipinski definition) is 2. The zero-order valence-electron chi connectivity index (χ0n) is 11.1. The van der Waals surface area contributed by atoms with Crippen molar-refractivity contribution in [2.45, 2.75) is 13.3 Å². The Hall–Kier alpha value is -1.42. The zero-order valence-corrected chi connectivity index (χ0v) is 11.8. The van der Waals surface area contributed by atoms with Gasteiger partial charge in [-0.2, -0.15) is 0 Å². The second kappa shape index (κ2) is 7.82. The molecule has 0 amide bonds. The van der Waals surface area contributed by atoms with E-state index in [1.807, 2.05) is 25.1 Å². The summed E-state index contributed by atoms with van der Waals surface area (Å²) in [5.74, 6) is 1.59. The predicted octanol–water partition coefficient (Wildman–Crippen LogP) is 2.08. The van der Waals surface area contributed by atoms with Gasteiger partial charge in [-0.1, -0.05) is 17.7 Å². The number of hydrogen-bond acceptors (Lipinski definition) is 2. The Labute approximate surface area is 113 Å². The van der Waals surface area contributed by atoms with Crippen LogP contribution in [0, 0.1) is 0 Å². The van der Waals surface area contributed by atoms with Crippen LogP contribution in [0.3, 0.4) is 0 Å². The van der Waals surface area contributed by atoms with Gasteiger partial charge in [0.2, 0.25) is 0 Å². The third kappa shape index (κ3) is 4.45. The Morgan fingerprint density at radius 3 is 2.72 bits per heavy atom. The van der Waals surface area contributed by atoms with Crippen molar-refractivity contribution >= 4 is 17.6 Å². The minimum absolute atomic E-state index is 0.731. The third-order valence-corrected chi connectivity index (χ3v) is 2.87. The van der Waals surface area contributed by atoms with Gasteiger partial charge in [-0.3, -0.25) is 4.99 Å². The van der Waals surface area contributed by atoms with Gasteiger partial charge in [0, 0.05) is 25.2 Å². The standard InChI is InChI=1S/C13H20ClN3O/c1-4-16-13(15-2)17-8-7-10-5-6-11(18-3)9-12(10)14/h5-6,9H,4,7-8H2,1-3H3,(H2,15,16,17). The molecule has 0 unspecified atom stereocenters. The van der Waals surface area contributed by atoms with Crippen LogP contribution in [-0.4, -0.2) is 33.2 Å². The Kier molecular flexibility index (Phi) is 6.36. The maximum Gasteiger partial charge on any atom is 0.190 e. The first-order valence-electron chi connectivity index (χ1n) is 5.98. The Morgan fingerprint density at radius 2 is 2.17 bits per heavy atom. The molecule has 0 saturated heterocycles. The molecule has 1 aromatic rings. The lowest BCUT2D eigenvalue weighted by Crippen LogP contribution is -2.38. The minimum atomic E-state index is 0.731. The van der Waals surface area contributed by atoms with Gasteiger partial charge in [-0.15, -0.1) is 0 Å². The van der Waals surface area contributed by atoms with E-state index in [2.05, 4.69) is 15.6 Å². The minimum Gasteiger partial charge on any atom is -0.497 e. The summed E-state index contributed by atoms with van der Waals surface area (Å²) in [5.41, 5.74) is 1.09. The van der Waals surface area contributed by atoms with Crippen LogP contribution in [0.15, 0.2) is 23.2 Å². The number of nitrogens with zero attached hydrogens (tertiary/aromatic N) is 1. The molecule has 0 atom stereocenters. The topological polar surface area (TPSA) is 45.7 Å². The highest BCUT2D eigenvalue weighted by Crippen LogP contribution is 2.22. The lowest BCUT2D eigenvalue weighted by molar-refractivity contribution is 0.414. The molecule has 4 nitrogen and oxygen atoms in total. The van der Waals surface area contributed by atoms with Crippen molar-refractivity contribution in [3.05, 3.63) is 28.8 Å². The summed E-state index contributed by atoms with van der Waals surface area (Å²) in [4.78, 5) is 4.10. The van der Waals surface area contributed by atoms with Crippen molar-refractivity contribution in [1.29, 1.82) is 0 Å². The maximum absolute atomic E-state index is 6.16. The van der Waals surface area contributed by atoms with Gasteiger partial charge < -0.3 is 15.4 Å². The van der Waals surface area contributed by atoms with Crippen LogP contribution in [0.4, 0.5) is 0 Å². The van der Waals surface area contributed by atoms with Crippen LogP contribution in [0.2, 0.25) is 5.02 Å². The summed E-state index contributed by atoms with van der Waals surface area (Å²) < 4.78 is 5.11. The highest BCUT2D eigenvalue weighted by atomic mass is 35.5. The normalized spacial score (nSPS) is 11.2. The van der Waals surface area contributed by atoms with Gasteiger partial charge >= 0.3 is 0 Å². The molecule has 0 aliphatic rings. The quantitative estimate of drug-likeness (QED) is 0.635. The monoisotopic (exact) mass is 269 g/mol. The Morgan fingerprint density at radius 1 is 1.39 bits per heavy atom. The smallest absolute Gasteiger partial charge is 0.190 e. The van der Waals surface area contributed by atoms with Crippen LogP contribution < -0.4 is 15.4 Å². The van der Waals surface area contributed by atoms with Gasteiger partial charge in [0.05, 0.1) is 7.11 Å². The van der Waals surface area contributed by atoms with E-state index in [0.717, 1.165) is 41.8 Å². The third-order valence-electron chi connectivity index (χ3n) is 2.51. The first-order chi connectivity index (χ1) is 8.71. The molecule has 100 valence electrons. The molecule has 0 radical (unpaired) electrons. The van der Waals surface area contributed by atoms with Crippen LogP contribution in [0.25, 0.3) is 0 Å². The summed E-state index contributed by atoms with van der Waals surface area (Å²) in [6, 6.07) is 5.73. The number of halogens is 1. The molecule has 0 heterocycles. The summed E-state index contributed by atoms with van der Waals surface area (Å²) in [6.45, 7) is 3.67.